The van der Waals surface area contributed by atoms with Gasteiger partial charge in [-0.25, -0.2) is 0 Å². The van der Waals surface area contributed by atoms with Crippen LogP contribution in [0.1, 0.15) is 31.0 Å². The standard InChI is InChI=1S/C18H24N4O/c1-2-22-16(10-11-20-22)13-19-18(23)17-9-6-12-21(17)14-15-7-4-3-5-8-15/h3-5,7-8,10-11,17H,2,6,9,12-14H2,1H3,(H,19,23)/t17-/m1/s1. The van der Waals surface area contributed by atoms with Gasteiger partial charge in [0.25, 0.3) is 0 Å². The predicted octanol–water partition coefficient (Wildman–Crippen LogP) is 2.18. The fourth-order valence-electron chi connectivity index (χ4n) is 3.22. The van der Waals surface area contributed by atoms with E-state index in [1.807, 2.05) is 28.9 Å². The summed E-state index contributed by atoms with van der Waals surface area (Å²) in [5.74, 6) is 0.127. The molecule has 5 heteroatoms. The molecule has 1 fully saturated rings. The van der Waals surface area contributed by atoms with E-state index in [4.69, 9.17) is 0 Å². The monoisotopic (exact) mass is 312 g/mol. The zero-order chi connectivity index (χ0) is 16.1. The number of nitrogens with zero attached hydrogens (tertiary/aromatic N) is 3. The van der Waals surface area contributed by atoms with Crippen LogP contribution in [0.15, 0.2) is 42.6 Å². The summed E-state index contributed by atoms with van der Waals surface area (Å²) in [7, 11) is 0. The maximum absolute atomic E-state index is 12.6. The van der Waals surface area contributed by atoms with E-state index in [2.05, 4.69) is 34.4 Å². The van der Waals surface area contributed by atoms with Crippen molar-refractivity contribution < 1.29 is 4.79 Å². The molecule has 0 saturated carbocycles. The number of likely N-dealkylation sites (tertiary alicyclic amines) is 1. The molecule has 1 atom stereocenters. The van der Waals surface area contributed by atoms with Crippen molar-refractivity contribution >= 4 is 5.91 Å². The maximum atomic E-state index is 12.6. The van der Waals surface area contributed by atoms with Gasteiger partial charge in [0.1, 0.15) is 0 Å². The molecule has 1 aromatic heterocycles. The minimum absolute atomic E-state index is 0.0202. The average molecular weight is 312 g/mol. The molecule has 2 heterocycles. The lowest BCUT2D eigenvalue weighted by Crippen LogP contribution is -2.42. The molecular formula is C18H24N4O. The first-order valence-corrected chi connectivity index (χ1v) is 8.34. The second-order valence-electron chi connectivity index (χ2n) is 5.97. The van der Waals surface area contributed by atoms with E-state index < -0.39 is 0 Å². The normalized spacial score (nSPS) is 18.2. The van der Waals surface area contributed by atoms with Crippen molar-refractivity contribution in [2.45, 2.75) is 45.4 Å². The van der Waals surface area contributed by atoms with Gasteiger partial charge in [0.15, 0.2) is 0 Å². The van der Waals surface area contributed by atoms with Crippen molar-refractivity contribution in [3.63, 3.8) is 0 Å². The van der Waals surface area contributed by atoms with E-state index in [0.29, 0.717) is 6.54 Å². The first-order valence-electron chi connectivity index (χ1n) is 8.34. The molecule has 122 valence electrons. The Labute approximate surface area is 137 Å². The summed E-state index contributed by atoms with van der Waals surface area (Å²) in [5, 5.41) is 7.31. The summed E-state index contributed by atoms with van der Waals surface area (Å²) >= 11 is 0. The summed E-state index contributed by atoms with van der Waals surface area (Å²) < 4.78 is 1.91. The van der Waals surface area contributed by atoms with E-state index in [-0.39, 0.29) is 11.9 Å². The Kier molecular flexibility index (Phi) is 5.08. The van der Waals surface area contributed by atoms with Crippen molar-refractivity contribution in [2.24, 2.45) is 0 Å². The number of nitrogens with one attached hydrogen (secondary N) is 1. The lowest BCUT2D eigenvalue weighted by atomic mass is 10.1. The Morgan fingerprint density at radius 1 is 1.30 bits per heavy atom. The molecule has 2 aromatic rings. The van der Waals surface area contributed by atoms with Gasteiger partial charge in [-0.15, -0.1) is 0 Å². The minimum Gasteiger partial charge on any atom is -0.349 e. The van der Waals surface area contributed by atoms with Gasteiger partial charge in [0.05, 0.1) is 18.3 Å². The van der Waals surface area contributed by atoms with Crippen LogP contribution in [-0.2, 0) is 24.4 Å². The van der Waals surface area contributed by atoms with Gasteiger partial charge in [0, 0.05) is 19.3 Å². The number of benzene rings is 1. The number of rotatable bonds is 6. The maximum Gasteiger partial charge on any atom is 0.237 e. The molecule has 0 radical (unpaired) electrons. The Bertz CT molecular complexity index is 637. The summed E-state index contributed by atoms with van der Waals surface area (Å²) in [4.78, 5) is 14.8. The van der Waals surface area contributed by atoms with Gasteiger partial charge < -0.3 is 5.32 Å². The first kappa shape index (κ1) is 15.7. The van der Waals surface area contributed by atoms with Crippen LogP contribution in [0.4, 0.5) is 0 Å². The third-order valence-corrected chi connectivity index (χ3v) is 4.44. The molecule has 1 aromatic carbocycles. The highest BCUT2D eigenvalue weighted by atomic mass is 16.2. The highest BCUT2D eigenvalue weighted by Crippen LogP contribution is 2.20. The molecule has 1 aliphatic heterocycles. The number of hydrogen-bond acceptors (Lipinski definition) is 3. The third-order valence-electron chi connectivity index (χ3n) is 4.44. The van der Waals surface area contributed by atoms with Gasteiger partial charge in [-0.05, 0) is 37.9 Å². The quantitative estimate of drug-likeness (QED) is 0.889. The molecule has 0 unspecified atom stereocenters. The van der Waals surface area contributed by atoms with Gasteiger partial charge in [-0.2, -0.15) is 5.10 Å². The molecule has 3 rings (SSSR count). The SMILES string of the molecule is CCn1nccc1CNC(=O)[C@H]1CCCN1Cc1ccccc1. The molecule has 0 spiro atoms. The molecule has 1 aliphatic rings. The molecule has 5 nitrogen and oxygen atoms in total. The Morgan fingerprint density at radius 3 is 2.91 bits per heavy atom. The van der Waals surface area contributed by atoms with Gasteiger partial charge in [-0.3, -0.25) is 14.4 Å². The molecular weight excluding hydrogens is 288 g/mol. The predicted molar refractivity (Wildman–Crippen MR) is 89.6 cm³/mol. The van der Waals surface area contributed by atoms with Crippen LogP contribution in [0.3, 0.4) is 0 Å². The minimum atomic E-state index is -0.0202. The second-order valence-corrected chi connectivity index (χ2v) is 5.97. The Balaban J connectivity index is 1.57. The molecule has 1 N–H and O–H groups in total. The van der Waals surface area contributed by atoms with E-state index in [1.54, 1.807) is 6.20 Å². The number of amides is 1. The van der Waals surface area contributed by atoms with Crippen molar-refractivity contribution in [2.75, 3.05) is 6.54 Å². The van der Waals surface area contributed by atoms with Crippen LogP contribution in [0.25, 0.3) is 0 Å². The smallest absolute Gasteiger partial charge is 0.237 e. The van der Waals surface area contributed by atoms with Crippen LogP contribution in [0.5, 0.6) is 0 Å². The zero-order valence-corrected chi connectivity index (χ0v) is 13.6. The van der Waals surface area contributed by atoms with Crippen LogP contribution in [0, 0.1) is 0 Å². The number of hydrogen-bond donors (Lipinski definition) is 1. The first-order chi connectivity index (χ1) is 11.3. The number of aryl methyl sites for hydroxylation is 1. The van der Waals surface area contributed by atoms with Crippen LogP contribution >= 0.6 is 0 Å². The Morgan fingerprint density at radius 2 is 2.13 bits per heavy atom. The highest BCUT2D eigenvalue weighted by Gasteiger charge is 2.30. The largest absolute Gasteiger partial charge is 0.349 e. The average Bonchev–Trinajstić information content (AvgIpc) is 3.22. The molecule has 23 heavy (non-hydrogen) atoms. The van der Waals surface area contributed by atoms with Crippen molar-refractivity contribution in [3.05, 3.63) is 53.9 Å². The Hall–Kier alpha value is -2.14. The topological polar surface area (TPSA) is 50.2 Å². The van der Waals surface area contributed by atoms with Crippen molar-refractivity contribution in [1.29, 1.82) is 0 Å². The zero-order valence-electron chi connectivity index (χ0n) is 13.6. The summed E-state index contributed by atoms with van der Waals surface area (Å²) in [6.45, 7) is 5.24. The molecule has 0 bridgehead atoms. The molecule has 1 saturated heterocycles. The van der Waals surface area contributed by atoms with Crippen molar-refractivity contribution in [1.82, 2.24) is 20.0 Å². The van der Waals surface area contributed by atoms with Gasteiger partial charge in [-0.1, -0.05) is 30.3 Å². The summed E-state index contributed by atoms with van der Waals surface area (Å²) in [6, 6.07) is 12.3. The van der Waals surface area contributed by atoms with Crippen LogP contribution in [-0.4, -0.2) is 33.2 Å². The lowest BCUT2D eigenvalue weighted by Gasteiger charge is -2.23. The van der Waals surface area contributed by atoms with Gasteiger partial charge >= 0.3 is 0 Å². The van der Waals surface area contributed by atoms with E-state index in [1.165, 1.54) is 5.56 Å². The van der Waals surface area contributed by atoms with Crippen LogP contribution < -0.4 is 5.32 Å². The van der Waals surface area contributed by atoms with E-state index in [9.17, 15) is 4.79 Å². The van der Waals surface area contributed by atoms with E-state index >= 15 is 0 Å². The number of carbonyl (C=O) groups is 1. The third kappa shape index (κ3) is 3.79. The number of carbonyl (C=O) groups excluding carboxylic acids is 1. The summed E-state index contributed by atoms with van der Waals surface area (Å²) in [6.07, 6.45) is 3.80. The molecule has 1 amide bonds. The fourth-order valence-corrected chi connectivity index (χ4v) is 3.22. The number of aromatic nitrogens is 2. The molecule has 0 aliphatic carbocycles. The fraction of sp³-hybridized carbons (Fsp3) is 0.444. The van der Waals surface area contributed by atoms with Gasteiger partial charge in [0.2, 0.25) is 5.91 Å². The van der Waals surface area contributed by atoms with Crippen LogP contribution in [0.2, 0.25) is 0 Å². The van der Waals surface area contributed by atoms with E-state index in [0.717, 1.165) is 38.2 Å². The lowest BCUT2D eigenvalue weighted by molar-refractivity contribution is -0.125. The second kappa shape index (κ2) is 7.42. The summed E-state index contributed by atoms with van der Waals surface area (Å²) in [5.41, 5.74) is 2.31. The highest BCUT2D eigenvalue weighted by molar-refractivity contribution is 5.82. The van der Waals surface area contributed by atoms with Crippen molar-refractivity contribution in [3.8, 4) is 0 Å².